The average Bonchev–Trinajstić information content (AvgIpc) is 3.17. The summed E-state index contributed by atoms with van der Waals surface area (Å²) in [6.45, 7) is 2.11. The molecule has 3 heterocycles. The molecule has 4 rings (SSSR count). The SMILES string of the molecule is COc1cccc(Oc2nc3c(c(=O)n(CCCO)c(=O)n3C)n2Cc2ccc(C)cn2)c1. The molecule has 0 fully saturated rings. The number of hydrogen-bond donors (Lipinski definition) is 1. The fourth-order valence-electron chi connectivity index (χ4n) is 3.53. The number of imidazole rings is 1. The lowest BCUT2D eigenvalue weighted by molar-refractivity contribution is 0.277. The van der Waals surface area contributed by atoms with E-state index in [0.717, 1.165) is 10.1 Å². The summed E-state index contributed by atoms with van der Waals surface area (Å²) >= 11 is 0. The Labute approximate surface area is 189 Å². The maximum atomic E-state index is 13.3. The number of aromatic nitrogens is 5. The van der Waals surface area contributed by atoms with Crippen LogP contribution in [0.3, 0.4) is 0 Å². The van der Waals surface area contributed by atoms with E-state index in [1.165, 1.54) is 4.57 Å². The van der Waals surface area contributed by atoms with E-state index >= 15 is 0 Å². The summed E-state index contributed by atoms with van der Waals surface area (Å²) in [4.78, 5) is 35.1. The van der Waals surface area contributed by atoms with Crippen LogP contribution in [0.25, 0.3) is 11.2 Å². The van der Waals surface area contributed by atoms with E-state index in [9.17, 15) is 14.7 Å². The molecule has 4 aromatic rings. The third kappa shape index (κ3) is 4.37. The summed E-state index contributed by atoms with van der Waals surface area (Å²) in [5.41, 5.74) is 1.13. The predicted molar refractivity (Wildman–Crippen MR) is 122 cm³/mol. The number of fused-ring (bicyclic) bond motifs is 1. The smallest absolute Gasteiger partial charge is 0.332 e. The second-order valence-electron chi connectivity index (χ2n) is 7.64. The van der Waals surface area contributed by atoms with Crippen molar-refractivity contribution in [3.05, 3.63) is 74.7 Å². The van der Waals surface area contributed by atoms with Crippen LogP contribution in [0.4, 0.5) is 0 Å². The second-order valence-corrected chi connectivity index (χ2v) is 7.64. The maximum Gasteiger partial charge on any atom is 0.332 e. The minimum absolute atomic E-state index is 0.0952. The number of methoxy groups -OCH3 is 1. The van der Waals surface area contributed by atoms with E-state index in [1.54, 1.807) is 49.2 Å². The highest BCUT2D eigenvalue weighted by Crippen LogP contribution is 2.27. The van der Waals surface area contributed by atoms with Crippen molar-refractivity contribution in [3.8, 4) is 17.5 Å². The summed E-state index contributed by atoms with van der Waals surface area (Å²) in [5.74, 6) is 1.07. The molecule has 0 aliphatic carbocycles. The van der Waals surface area contributed by atoms with Gasteiger partial charge in [-0.1, -0.05) is 12.1 Å². The monoisotopic (exact) mass is 451 g/mol. The first kappa shape index (κ1) is 22.3. The number of aryl methyl sites for hydroxylation is 2. The van der Waals surface area contributed by atoms with Crippen molar-refractivity contribution in [2.24, 2.45) is 7.05 Å². The average molecular weight is 451 g/mol. The van der Waals surface area contributed by atoms with Crippen molar-refractivity contribution in [1.29, 1.82) is 0 Å². The summed E-state index contributed by atoms with van der Waals surface area (Å²) in [6.07, 6.45) is 2.02. The van der Waals surface area contributed by atoms with Crippen LogP contribution in [0.15, 0.2) is 52.2 Å². The van der Waals surface area contributed by atoms with Gasteiger partial charge < -0.3 is 14.6 Å². The van der Waals surface area contributed by atoms with Gasteiger partial charge in [0.15, 0.2) is 11.2 Å². The minimum atomic E-state index is -0.507. The molecule has 0 amide bonds. The summed E-state index contributed by atoms with van der Waals surface area (Å²) in [5, 5.41) is 9.19. The molecule has 1 N–H and O–H groups in total. The summed E-state index contributed by atoms with van der Waals surface area (Å²) in [6, 6.07) is 11.0. The molecule has 33 heavy (non-hydrogen) atoms. The number of ether oxygens (including phenoxy) is 2. The first-order valence-electron chi connectivity index (χ1n) is 10.5. The van der Waals surface area contributed by atoms with E-state index in [4.69, 9.17) is 9.47 Å². The molecule has 0 atom stereocenters. The van der Waals surface area contributed by atoms with Gasteiger partial charge in [-0.2, -0.15) is 4.98 Å². The number of rotatable bonds is 8. The highest BCUT2D eigenvalue weighted by molar-refractivity contribution is 5.72. The molecule has 172 valence electrons. The predicted octanol–water partition coefficient (Wildman–Crippen LogP) is 1.83. The van der Waals surface area contributed by atoms with Gasteiger partial charge in [-0.3, -0.25) is 23.5 Å². The number of nitrogens with zero attached hydrogens (tertiary/aromatic N) is 5. The van der Waals surface area contributed by atoms with Gasteiger partial charge in [0.25, 0.3) is 5.56 Å². The highest BCUT2D eigenvalue weighted by Gasteiger charge is 2.22. The first-order valence-corrected chi connectivity index (χ1v) is 10.5. The topological polar surface area (TPSA) is 113 Å². The number of aliphatic hydroxyl groups excluding tert-OH is 1. The molecule has 0 unspecified atom stereocenters. The summed E-state index contributed by atoms with van der Waals surface area (Å²) in [7, 11) is 3.11. The molecule has 0 bridgehead atoms. The Kier molecular flexibility index (Phi) is 6.27. The Morgan fingerprint density at radius 1 is 1.09 bits per heavy atom. The largest absolute Gasteiger partial charge is 0.497 e. The van der Waals surface area contributed by atoms with Gasteiger partial charge in [-0.25, -0.2) is 4.79 Å². The Morgan fingerprint density at radius 2 is 1.88 bits per heavy atom. The Morgan fingerprint density at radius 3 is 2.58 bits per heavy atom. The van der Waals surface area contributed by atoms with E-state index < -0.39 is 11.2 Å². The van der Waals surface area contributed by atoms with Gasteiger partial charge in [0.1, 0.15) is 11.5 Å². The molecule has 1 aromatic carbocycles. The fourth-order valence-corrected chi connectivity index (χ4v) is 3.53. The van der Waals surface area contributed by atoms with E-state index in [1.807, 2.05) is 19.1 Å². The van der Waals surface area contributed by atoms with Gasteiger partial charge in [0, 0.05) is 32.5 Å². The second kappa shape index (κ2) is 9.29. The molecule has 0 saturated carbocycles. The van der Waals surface area contributed by atoms with Gasteiger partial charge >= 0.3 is 11.7 Å². The molecule has 0 radical (unpaired) electrons. The molecule has 0 aliphatic rings. The molecule has 10 heteroatoms. The zero-order valence-electron chi connectivity index (χ0n) is 18.7. The molecular weight excluding hydrogens is 426 g/mol. The molecular formula is C23H25N5O5. The maximum absolute atomic E-state index is 13.3. The van der Waals surface area contributed by atoms with Crippen LogP contribution in [-0.2, 0) is 20.1 Å². The van der Waals surface area contributed by atoms with Crippen molar-refractivity contribution in [2.75, 3.05) is 13.7 Å². The van der Waals surface area contributed by atoms with Crippen molar-refractivity contribution < 1.29 is 14.6 Å². The van der Waals surface area contributed by atoms with Crippen LogP contribution >= 0.6 is 0 Å². The fraction of sp³-hybridized carbons (Fsp3) is 0.304. The third-order valence-corrected chi connectivity index (χ3v) is 5.28. The zero-order chi connectivity index (χ0) is 23.5. The standard InChI is InChI=1S/C23H25N5O5/c1-15-8-9-16(24-13-15)14-28-19-20(26(2)23(31)27(21(19)30)10-5-11-29)25-22(28)33-18-7-4-6-17(12-18)32-3/h4,6-9,12-13,29H,5,10-11,14H2,1-3H3. The van der Waals surface area contributed by atoms with Gasteiger partial charge in [0.2, 0.25) is 0 Å². The van der Waals surface area contributed by atoms with Crippen molar-refractivity contribution in [1.82, 2.24) is 23.7 Å². The van der Waals surface area contributed by atoms with E-state index in [2.05, 4.69) is 9.97 Å². The molecule has 0 aliphatic heterocycles. The number of pyridine rings is 1. The Hall–Kier alpha value is -3.92. The van der Waals surface area contributed by atoms with Crippen LogP contribution in [0.5, 0.6) is 17.5 Å². The molecule has 3 aromatic heterocycles. The first-order chi connectivity index (χ1) is 15.9. The molecule has 10 nitrogen and oxygen atoms in total. The van der Waals surface area contributed by atoms with Crippen molar-refractivity contribution in [3.63, 3.8) is 0 Å². The van der Waals surface area contributed by atoms with Crippen molar-refractivity contribution >= 4 is 11.2 Å². The molecule has 0 spiro atoms. The van der Waals surface area contributed by atoms with Crippen LogP contribution in [0.1, 0.15) is 17.7 Å². The van der Waals surface area contributed by atoms with Crippen LogP contribution in [0, 0.1) is 6.92 Å². The van der Waals surface area contributed by atoms with E-state index in [-0.39, 0.29) is 43.3 Å². The quantitative estimate of drug-likeness (QED) is 0.435. The lowest BCUT2D eigenvalue weighted by Gasteiger charge is -2.11. The summed E-state index contributed by atoms with van der Waals surface area (Å²) < 4.78 is 15.3. The zero-order valence-corrected chi connectivity index (χ0v) is 18.7. The lowest BCUT2D eigenvalue weighted by atomic mass is 10.3. The van der Waals surface area contributed by atoms with Gasteiger partial charge in [-0.05, 0) is 37.1 Å². The van der Waals surface area contributed by atoms with Gasteiger partial charge in [0.05, 0.1) is 19.3 Å². The number of hydrogen-bond acceptors (Lipinski definition) is 7. The highest BCUT2D eigenvalue weighted by atomic mass is 16.5. The Balaban J connectivity index is 1.92. The van der Waals surface area contributed by atoms with E-state index in [0.29, 0.717) is 17.2 Å². The number of benzene rings is 1. The lowest BCUT2D eigenvalue weighted by Crippen LogP contribution is -2.39. The number of aliphatic hydroxyl groups is 1. The normalized spacial score (nSPS) is 11.2. The van der Waals surface area contributed by atoms with Crippen LogP contribution in [0.2, 0.25) is 0 Å². The van der Waals surface area contributed by atoms with Gasteiger partial charge in [-0.15, -0.1) is 0 Å². The van der Waals surface area contributed by atoms with Crippen LogP contribution in [-0.4, -0.2) is 42.5 Å². The van der Waals surface area contributed by atoms with Crippen molar-refractivity contribution in [2.45, 2.75) is 26.4 Å². The Bertz CT molecular complexity index is 1400. The minimum Gasteiger partial charge on any atom is -0.497 e. The molecule has 0 saturated heterocycles. The third-order valence-electron chi connectivity index (χ3n) is 5.28. The van der Waals surface area contributed by atoms with Crippen LogP contribution < -0.4 is 20.7 Å².